The molecule has 27 heavy (non-hydrogen) atoms. The van der Waals surface area contributed by atoms with E-state index in [9.17, 15) is 17.2 Å². The molecule has 1 aromatic carbocycles. The summed E-state index contributed by atoms with van der Waals surface area (Å²) in [5.74, 6) is -1.75. The molecule has 8 heteroatoms. The maximum Gasteiger partial charge on any atom is 0.243 e. The predicted molar refractivity (Wildman–Crippen MR) is 99.7 cm³/mol. The number of hydrogen-bond acceptors (Lipinski definition) is 3. The lowest BCUT2D eigenvalue weighted by molar-refractivity contribution is 0.199. The maximum atomic E-state index is 13.9. The Morgan fingerprint density at radius 1 is 1.11 bits per heavy atom. The lowest BCUT2D eigenvalue weighted by Crippen LogP contribution is -2.39. The lowest BCUT2D eigenvalue weighted by Gasteiger charge is -2.31. The Labute approximate surface area is 159 Å². The summed E-state index contributed by atoms with van der Waals surface area (Å²) < 4.78 is 56.9. The number of hydrogen-bond donors (Lipinski definition) is 1. The van der Waals surface area contributed by atoms with E-state index in [0.717, 1.165) is 56.6 Å². The van der Waals surface area contributed by atoms with Gasteiger partial charge in [0.25, 0.3) is 0 Å². The van der Waals surface area contributed by atoms with Crippen LogP contribution in [0.5, 0.6) is 0 Å². The molecule has 1 saturated heterocycles. The topological polar surface area (TPSA) is 54.3 Å². The summed E-state index contributed by atoms with van der Waals surface area (Å²) in [5, 5.41) is 0. The minimum Gasteiger partial charge on any atom is -0.353 e. The molecule has 1 aliphatic rings. The molecule has 3 rings (SSSR count). The Bertz CT molecular complexity index is 875. The molecule has 148 valence electrons. The fourth-order valence-electron chi connectivity index (χ4n) is 3.60. The first-order chi connectivity index (χ1) is 12.9. The van der Waals surface area contributed by atoms with Gasteiger partial charge in [0.05, 0.1) is 6.04 Å². The third-order valence-electron chi connectivity index (χ3n) is 5.06. The number of nitrogens with zero attached hydrogens (tertiary/aromatic N) is 2. The van der Waals surface area contributed by atoms with Gasteiger partial charge >= 0.3 is 0 Å². The SMILES string of the molecule is Cn1cccc1[C@@H](CNS(=O)(=O)c1cc(F)ccc1F)N1CCCCCC1. The Morgan fingerprint density at radius 3 is 2.44 bits per heavy atom. The molecule has 0 unspecified atom stereocenters. The molecule has 2 heterocycles. The molecule has 5 nitrogen and oxygen atoms in total. The number of likely N-dealkylation sites (tertiary alicyclic amines) is 1. The van der Waals surface area contributed by atoms with E-state index in [1.54, 1.807) is 0 Å². The minimum atomic E-state index is -4.16. The number of rotatable bonds is 6. The molecule has 0 radical (unpaired) electrons. The second kappa shape index (κ2) is 8.50. The van der Waals surface area contributed by atoms with Crippen molar-refractivity contribution >= 4 is 10.0 Å². The molecule has 0 spiro atoms. The summed E-state index contributed by atoms with van der Waals surface area (Å²) in [6.45, 7) is 1.86. The van der Waals surface area contributed by atoms with Gasteiger partial charge in [-0.2, -0.15) is 0 Å². The number of aryl methyl sites for hydroxylation is 1. The monoisotopic (exact) mass is 397 g/mol. The normalized spacial score (nSPS) is 17.6. The molecule has 2 aromatic rings. The van der Waals surface area contributed by atoms with Crippen LogP contribution in [0.4, 0.5) is 8.78 Å². The zero-order valence-corrected chi connectivity index (χ0v) is 16.2. The van der Waals surface area contributed by atoms with Gasteiger partial charge in [0, 0.05) is 25.5 Å². The summed E-state index contributed by atoms with van der Waals surface area (Å²) in [5.41, 5.74) is 0.985. The predicted octanol–water partition coefficient (Wildman–Crippen LogP) is 3.20. The summed E-state index contributed by atoms with van der Waals surface area (Å²) in [7, 11) is -2.24. The minimum absolute atomic E-state index is 0.0934. The average molecular weight is 397 g/mol. The molecular formula is C19H25F2N3O2S. The van der Waals surface area contributed by atoms with Crippen molar-refractivity contribution in [1.29, 1.82) is 0 Å². The van der Waals surface area contributed by atoms with Gasteiger partial charge < -0.3 is 4.57 Å². The Balaban J connectivity index is 1.84. The van der Waals surface area contributed by atoms with E-state index in [4.69, 9.17) is 0 Å². The van der Waals surface area contributed by atoms with Crippen LogP contribution in [0.15, 0.2) is 41.4 Å². The van der Waals surface area contributed by atoms with E-state index in [0.29, 0.717) is 6.07 Å². The van der Waals surface area contributed by atoms with Crippen LogP contribution in [0, 0.1) is 11.6 Å². The second-order valence-electron chi connectivity index (χ2n) is 6.94. The van der Waals surface area contributed by atoms with E-state index in [1.807, 2.05) is 29.9 Å². The number of benzene rings is 1. The highest BCUT2D eigenvalue weighted by molar-refractivity contribution is 7.89. The molecule has 1 aromatic heterocycles. The molecule has 0 amide bonds. The van der Waals surface area contributed by atoms with Crippen LogP contribution in [-0.2, 0) is 17.1 Å². The Morgan fingerprint density at radius 2 is 1.81 bits per heavy atom. The van der Waals surface area contributed by atoms with Crippen molar-refractivity contribution < 1.29 is 17.2 Å². The van der Waals surface area contributed by atoms with Gasteiger partial charge in [-0.3, -0.25) is 4.90 Å². The summed E-state index contributed by atoms with van der Waals surface area (Å²) in [4.78, 5) is 1.61. The zero-order chi connectivity index (χ0) is 19.4. The third-order valence-corrected chi connectivity index (χ3v) is 6.49. The molecule has 1 N–H and O–H groups in total. The van der Waals surface area contributed by atoms with Gasteiger partial charge in [-0.25, -0.2) is 21.9 Å². The van der Waals surface area contributed by atoms with Crippen molar-refractivity contribution in [3.63, 3.8) is 0 Å². The zero-order valence-electron chi connectivity index (χ0n) is 15.4. The van der Waals surface area contributed by atoms with Gasteiger partial charge in [-0.1, -0.05) is 12.8 Å². The highest BCUT2D eigenvalue weighted by Crippen LogP contribution is 2.25. The fourth-order valence-corrected chi connectivity index (χ4v) is 4.72. The van der Waals surface area contributed by atoms with Gasteiger partial charge in [-0.15, -0.1) is 0 Å². The second-order valence-corrected chi connectivity index (χ2v) is 8.67. The van der Waals surface area contributed by atoms with E-state index in [-0.39, 0.29) is 12.6 Å². The van der Waals surface area contributed by atoms with Crippen molar-refractivity contribution in [2.24, 2.45) is 7.05 Å². The van der Waals surface area contributed by atoms with Crippen molar-refractivity contribution in [3.8, 4) is 0 Å². The third kappa shape index (κ3) is 4.75. The number of sulfonamides is 1. The van der Waals surface area contributed by atoms with Gasteiger partial charge in [0.2, 0.25) is 10.0 Å². The van der Waals surface area contributed by atoms with Crippen LogP contribution >= 0.6 is 0 Å². The van der Waals surface area contributed by atoms with E-state index in [1.165, 1.54) is 0 Å². The number of halogens is 2. The Hall–Kier alpha value is -1.77. The van der Waals surface area contributed by atoms with Crippen molar-refractivity contribution in [2.75, 3.05) is 19.6 Å². The van der Waals surface area contributed by atoms with E-state index >= 15 is 0 Å². The summed E-state index contributed by atoms with van der Waals surface area (Å²) in [6, 6.07) is 6.15. The summed E-state index contributed by atoms with van der Waals surface area (Å²) in [6.07, 6.45) is 6.37. The Kier molecular flexibility index (Phi) is 6.29. The average Bonchev–Trinajstić information content (AvgIpc) is 2.88. The maximum absolute atomic E-state index is 13.9. The van der Waals surface area contributed by atoms with E-state index < -0.39 is 26.6 Å². The van der Waals surface area contributed by atoms with Crippen LogP contribution in [0.2, 0.25) is 0 Å². The van der Waals surface area contributed by atoms with Gasteiger partial charge in [-0.05, 0) is 56.3 Å². The molecular weight excluding hydrogens is 372 g/mol. The molecule has 1 atom stereocenters. The lowest BCUT2D eigenvalue weighted by atomic mass is 10.1. The van der Waals surface area contributed by atoms with Crippen LogP contribution in [-0.4, -0.2) is 37.5 Å². The highest BCUT2D eigenvalue weighted by Gasteiger charge is 2.27. The van der Waals surface area contributed by atoms with Crippen LogP contribution in [0.3, 0.4) is 0 Å². The largest absolute Gasteiger partial charge is 0.353 e. The number of aromatic nitrogens is 1. The molecule has 0 bridgehead atoms. The van der Waals surface area contributed by atoms with Crippen molar-refractivity contribution in [1.82, 2.24) is 14.2 Å². The highest BCUT2D eigenvalue weighted by atomic mass is 32.2. The van der Waals surface area contributed by atoms with Gasteiger partial charge in [0.1, 0.15) is 16.5 Å². The first kappa shape index (κ1) is 20.0. The van der Waals surface area contributed by atoms with Crippen LogP contribution in [0.1, 0.15) is 37.4 Å². The van der Waals surface area contributed by atoms with Crippen LogP contribution < -0.4 is 4.72 Å². The fraction of sp³-hybridized carbons (Fsp3) is 0.474. The quantitative estimate of drug-likeness (QED) is 0.815. The standard InChI is InChI=1S/C19H25F2N3O2S/c1-23-10-6-7-17(23)18(24-11-4-2-3-5-12-24)14-22-27(25,26)19-13-15(20)8-9-16(19)21/h6-10,13,18,22H,2-5,11-12,14H2,1H3/t18-/m1/s1. The summed E-state index contributed by atoms with van der Waals surface area (Å²) >= 11 is 0. The van der Waals surface area contributed by atoms with Crippen LogP contribution in [0.25, 0.3) is 0 Å². The van der Waals surface area contributed by atoms with Crippen molar-refractivity contribution in [2.45, 2.75) is 36.6 Å². The van der Waals surface area contributed by atoms with Crippen molar-refractivity contribution in [3.05, 3.63) is 53.9 Å². The van der Waals surface area contributed by atoms with Gasteiger partial charge in [0.15, 0.2) is 0 Å². The smallest absolute Gasteiger partial charge is 0.243 e. The molecule has 0 saturated carbocycles. The molecule has 1 fully saturated rings. The first-order valence-electron chi connectivity index (χ1n) is 9.18. The molecule has 1 aliphatic heterocycles. The van der Waals surface area contributed by atoms with E-state index in [2.05, 4.69) is 9.62 Å². The number of nitrogens with one attached hydrogen (secondary N) is 1. The molecule has 0 aliphatic carbocycles. The first-order valence-corrected chi connectivity index (χ1v) is 10.7.